The molecule has 0 aliphatic rings. The number of rotatable bonds is 7. The first-order valence-electron chi connectivity index (χ1n) is 6.02. The smallest absolute Gasteiger partial charge is 0.410 e. The van der Waals surface area contributed by atoms with Crippen molar-refractivity contribution in [2.24, 2.45) is 0 Å². The summed E-state index contributed by atoms with van der Waals surface area (Å²) in [5, 5.41) is 3.03. The SMILES string of the molecule is CNCCN(CCCOC)C(=O)OC(C)(C)C. The molecule has 0 fully saturated rings. The third-order valence-electron chi connectivity index (χ3n) is 2.06. The van der Waals surface area contributed by atoms with Crippen molar-refractivity contribution in [2.75, 3.05) is 40.4 Å². The van der Waals surface area contributed by atoms with Crippen LogP contribution in [0.4, 0.5) is 4.79 Å². The minimum absolute atomic E-state index is 0.260. The number of hydrogen-bond donors (Lipinski definition) is 1. The van der Waals surface area contributed by atoms with Crippen LogP contribution in [0.1, 0.15) is 27.2 Å². The van der Waals surface area contributed by atoms with Crippen LogP contribution in [0.3, 0.4) is 0 Å². The average Bonchev–Trinajstić information content (AvgIpc) is 2.20. The highest BCUT2D eigenvalue weighted by molar-refractivity contribution is 5.68. The molecule has 0 saturated heterocycles. The van der Waals surface area contributed by atoms with Gasteiger partial charge in [0, 0.05) is 33.4 Å². The van der Waals surface area contributed by atoms with Crippen LogP contribution in [-0.4, -0.2) is 57.0 Å². The molecule has 0 rings (SSSR count). The van der Waals surface area contributed by atoms with Gasteiger partial charge in [-0.05, 0) is 34.2 Å². The Labute approximate surface area is 104 Å². The highest BCUT2D eigenvalue weighted by Crippen LogP contribution is 2.10. The molecule has 0 unspecified atom stereocenters. The van der Waals surface area contributed by atoms with Crippen molar-refractivity contribution in [3.63, 3.8) is 0 Å². The van der Waals surface area contributed by atoms with Gasteiger partial charge in [-0.1, -0.05) is 0 Å². The molecular weight excluding hydrogens is 220 g/mol. The Morgan fingerprint density at radius 2 is 1.94 bits per heavy atom. The van der Waals surface area contributed by atoms with Crippen LogP contribution in [0.15, 0.2) is 0 Å². The fourth-order valence-corrected chi connectivity index (χ4v) is 1.27. The number of amides is 1. The monoisotopic (exact) mass is 246 g/mol. The molecule has 5 heteroatoms. The van der Waals surface area contributed by atoms with E-state index in [2.05, 4.69) is 5.32 Å². The second-order valence-corrected chi connectivity index (χ2v) is 4.92. The van der Waals surface area contributed by atoms with Crippen molar-refractivity contribution in [1.82, 2.24) is 10.2 Å². The minimum Gasteiger partial charge on any atom is -0.444 e. The van der Waals surface area contributed by atoms with Crippen LogP contribution in [0.25, 0.3) is 0 Å². The zero-order chi connectivity index (χ0) is 13.3. The molecule has 0 aromatic rings. The molecule has 0 atom stereocenters. The molecule has 0 aromatic heterocycles. The first kappa shape index (κ1) is 16.2. The van der Waals surface area contributed by atoms with Crippen molar-refractivity contribution < 1.29 is 14.3 Å². The van der Waals surface area contributed by atoms with Crippen molar-refractivity contribution in [3.05, 3.63) is 0 Å². The van der Waals surface area contributed by atoms with E-state index in [1.165, 1.54) is 0 Å². The summed E-state index contributed by atoms with van der Waals surface area (Å²) in [6, 6.07) is 0. The van der Waals surface area contributed by atoms with E-state index in [9.17, 15) is 4.79 Å². The molecule has 17 heavy (non-hydrogen) atoms. The molecule has 1 amide bonds. The van der Waals surface area contributed by atoms with E-state index in [0.717, 1.165) is 13.0 Å². The Hall–Kier alpha value is -0.810. The minimum atomic E-state index is -0.448. The van der Waals surface area contributed by atoms with Crippen LogP contribution in [-0.2, 0) is 9.47 Å². The second-order valence-electron chi connectivity index (χ2n) is 4.92. The lowest BCUT2D eigenvalue weighted by Gasteiger charge is -2.27. The van der Waals surface area contributed by atoms with Gasteiger partial charge in [0.15, 0.2) is 0 Å². The molecule has 102 valence electrons. The number of carbonyl (C=O) groups excluding carboxylic acids is 1. The van der Waals surface area contributed by atoms with Gasteiger partial charge in [0.05, 0.1) is 0 Å². The molecule has 0 aliphatic heterocycles. The van der Waals surface area contributed by atoms with E-state index in [1.807, 2.05) is 27.8 Å². The standard InChI is InChI=1S/C12H26N2O3/c1-12(2,3)17-11(15)14(9-7-13-4)8-6-10-16-5/h13H,6-10H2,1-5H3. The van der Waals surface area contributed by atoms with E-state index >= 15 is 0 Å². The summed E-state index contributed by atoms with van der Waals surface area (Å²) in [5.74, 6) is 0. The molecule has 0 heterocycles. The Bertz CT molecular complexity index is 214. The molecule has 5 nitrogen and oxygen atoms in total. The lowest BCUT2D eigenvalue weighted by atomic mass is 10.2. The summed E-state index contributed by atoms with van der Waals surface area (Å²) in [4.78, 5) is 13.6. The normalized spacial score (nSPS) is 11.4. The summed E-state index contributed by atoms with van der Waals surface area (Å²) in [5.41, 5.74) is -0.448. The zero-order valence-corrected chi connectivity index (χ0v) is 11.7. The summed E-state index contributed by atoms with van der Waals surface area (Å²) >= 11 is 0. The molecule has 1 N–H and O–H groups in total. The maximum absolute atomic E-state index is 11.9. The fourth-order valence-electron chi connectivity index (χ4n) is 1.27. The lowest BCUT2D eigenvalue weighted by Crippen LogP contribution is -2.40. The lowest BCUT2D eigenvalue weighted by molar-refractivity contribution is 0.0238. The van der Waals surface area contributed by atoms with Gasteiger partial charge in [-0.25, -0.2) is 4.79 Å². The van der Waals surface area contributed by atoms with Gasteiger partial charge in [-0.2, -0.15) is 0 Å². The highest BCUT2D eigenvalue weighted by Gasteiger charge is 2.21. The summed E-state index contributed by atoms with van der Waals surface area (Å²) in [6.45, 7) is 8.33. The number of nitrogens with zero attached hydrogens (tertiary/aromatic N) is 1. The largest absolute Gasteiger partial charge is 0.444 e. The molecule has 0 saturated carbocycles. The average molecular weight is 246 g/mol. The van der Waals surface area contributed by atoms with Crippen molar-refractivity contribution in [3.8, 4) is 0 Å². The first-order valence-corrected chi connectivity index (χ1v) is 6.02. The number of carbonyl (C=O) groups is 1. The Kier molecular flexibility index (Phi) is 7.91. The van der Waals surface area contributed by atoms with E-state index in [4.69, 9.17) is 9.47 Å². The highest BCUT2D eigenvalue weighted by atomic mass is 16.6. The fraction of sp³-hybridized carbons (Fsp3) is 0.917. The topological polar surface area (TPSA) is 50.8 Å². The van der Waals surface area contributed by atoms with Crippen molar-refractivity contribution in [1.29, 1.82) is 0 Å². The van der Waals surface area contributed by atoms with Crippen LogP contribution in [0.2, 0.25) is 0 Å². The zero-order valence-electron chi connectivity index (χ0n) is 11.7. The van der Waals surface area contributed by atoms with Gasteiger partial charge in [0.25, 0.3) is 0 Å². The summed E-state index contributed by atoms with van der Waals surface area (Å²) in [7, 11) is 3.52. The number of ether oxygens (including phenoxy) is 2. The second kappa shape index (κ2) is 8.31. The summed E-state index contributed by atoms with van der Waals surface area (Å²) < 4.78 is 10.3. The van der Waals surface area contributed by atoms with Crippen LogP contribution >= 0.6 is 0 Å². The van der Waals surface area contributed by atoms with Crippen LogP contribution < -0.4 is 5.32 Å². The quantitative estimate of drug-likeness (QED) is 0.691. The van der Waals surface area contributed by atoms with E-state index in [0.29, 0.717) is 19.7 Å². The summed E-state index contributed by atoms with van der Waals surface area (Å²) in [6.07, 6.45) is 0.559. The van der Waals surface area contributed by atoms with Crippen molar-refractivity contribution in [2.45, 2.75) is 32.8 Å². The van der Waals surface area contributed by atoms with Crippen molar-refractivity contribution >= 4 is 6.09 Å². The van der Waals surface area contributed by atoms with Gasteiger partial charge in [0.2, 0.25) is 0 Å². The molecule has 0 aromatic carbocycles. The molecule has 0 spiro atoms. The number of methoxy groups -OCH3 is 1. The third-order valence-corrected chi connectivity index (χ3v) is 2.06. The predicted molar refractivity (Wildman–Crippen MR) is 68.2 cm³/mol. The van der Waals surface area contributed by atoms with E-state index in [-0.39, 0.29) is 6.09 Å². The van der Waals surface area contributed by atoms with Gasteiger partial charge in [-0.15, -0.1) is 0 Å². The van der Waals surface area contributed by atoms with Gasteiger partial charge in [0.1, 0.15) is 5.60 Å². The molecule has 0 radical (unpaired) electrons. The molecular formula is C12H26N2O3. The Morgan fingerprint density at radius 1 is 1.29 bits per heavy atom. The predicted octanol–water partition coefficient (Wildman–Crippen LogP) is 1.48. The third kappa shape index (κ3) is 8.94. The molecule has 0 bridgehead atoms. The van der Waals surface area contributed by atoms with Gasteiger partial charge >= 0.3 is 6.09 Å². The van der Waals surface area contributed by atoms with Gasteiger partial charge < -0.3 is 19.7 Å². The molecule has 0 aliphatic carbocycles. The van der Waals surface area contributed by atoms with Crippen LogP contribution in [0.5, 0.6) is 0 Å². The first-order chi connectivity index (χ1) is 7.90. The number of nitrogens with one attached hydrogen (secondary N) is 1. The Morgan fingerprint density at radius 3 is 2.41 bits per heavy atom. The maximum atomic E-state index is 11.9. The van der Waals surface area contributed by atoms with E-state index in [1.54, 1.807) is 12.0 Å². The number of likely N-dealkylation sites (N-methyl/N-ethyl adjacent to an activating group) is 1. The van der Waals surface area contributed by atoms with Gasteiger partial charge in [-0.3, -0.25) is 0 Å². The number of hydrogen-bond acceptors (Lipinski definition) is 4. The van der Waals surface area contributed by atoms with E-state index < -0.39 is 5.60 Å². The Balaban J connectivity index is 4.19. The maximum Gasteiger partial charge on any atom is 0.410 e. The van der Waals surface area contributed by atoms with Crippen LogP contribution in [0, 0.1) is 0 Å².